The van der Waals surface area contributed by atoms with Gasteiger partial charge in [-0.15, -0.1) is 0 Å². The van der Waals surface area contributed by atoms with Crippen LogP contribution in [0.1, 0.15) is 0 Å². The third-order valence-electron chi connectivity index (χ3n) is 0.354. The molecular formula is C5H6BrNO. The van der Waals surface area contributed by atoms with Crippen molar-refractivity contribution >= 4 is 22.1 Å². The molecule has 0 aliphatic carbocycles. The van der Waals surface area contributed by atoms with Crippen molar-refractivity contribution in [2.24, 2.45) is 4.99 Å². The number of nitrogens with zero attached hydrogens (tertiary/aromatic N) is 1. The van der Waals surface area contributed by atoms with Crippen LogP contribution in [-0.2, 0) is 0 Å². The molecule has 1 N–H and O–H groups in total. The number of aliphatic hydroxyl groups excluding tert-OH is 1. The Kier molecular flexibility index (Phi) is 3.19. The zero-order valence-electron chi connectivity index (χ0n) is 4.26. The first-order valence-electron chi connectivity index (χ1n) is 1.89. The fourth-order valence-electron chi connectivity index (χ4n) is 0.145. The van der Waals surface area contributed by atoms with Gasteiger partial charge < -0.3 is 5.11 Å². The van der Waals surface area contributed by atoms with Crippen LogP contribution in [-0.4, -0.2) is 11.3 Å². The average molecular weight is 176 g/mol. The standard InChI is InChI=1S/C5H6BrNO/c1-4(8)3-7-5(2)6/h3,8H,1-2H2/b7-3-. The van der Waals surface area contributed by atoms with Gasteiger partial charge in [-0.2, -0.15) is 0 Å². The number of aliphatic hydroxyl groups is 1. The van der Waals surface area contributed by atoms with Crippen molar-refractivity contribution in [2.75, 3.05) is 0 Å². The summed E-state index contributed by atoms with van der Waals surface area (Å²) in [5, 5.41) is 8.40. The van der Waals surface area contributed by atoms with Crippen molar-refractivity contribution in [3.8, 4) is 0 Å². The molecule has 0 aromatic rings. The Bertz CT molecular complexity index is 123. The van der Waals surface area contributed by atoms with Gasteiger partial charge in [-0.1, -0.05) is 13.2 Å². The molecule has 0 fully saturated rings. The average Bonchev–Trinajstić information content (AvgIpc) is 1.61. The second-order valence-electron chi connectivity index (χ2n) is 1.13. The Labute approximate surface area is 56.4 Å². The minimum Gasteiger partial charge on any atom is -0.507 e. The van der Waals surface area contributed by atoms with E-state index in [-0.39, 0.29) is 5.76 Å². The summed E-state index contributed by atoms with van der Waals surface area (Å²) in [5.74, 6) is -0.0781. The van der Waals surface area contributed by atoms with E-state index in [1.165, 1.54) is 6.21 Å². The SMILES string of the molecule is C=C(O)/C=N\C(=C)Br. The Morgan fingerprint density at radius 1 is 1.62 bits per heavy atom. The van der Waals surface area contributed by atoms with Crippen LogP contribution in [0, 0.1) is 0 Å². The molecule has 0 aliphatic heterocycles. The molecule has 0 saturated carbocycles. The first-order valence-corrected chi connectivity index (χ1v) is 2.68. The topological polar surface area (TPSA) is 32.6 Å². The van der Waals surface area contributed by atoms with E-state index in [1.807, 2.05) is 0 Å². The van der Waals surface area contributed by atoms with E-state index in [0.717, 1.165) is 0 Å². The molecule has 0 radical (unpaired) electrons. The second-order valence-corrected chi connectivity index (χ2v) is 2.04. The zero-order chi connectivity index (χ0) is 6.57. The Morgan fingerprint density at radius 3 is 2.25 bits per heavy atom. The fraction of sp³-hybridized carbons (Fsp3) is 0. The minimum absolute atomic E-state index is 0.0781. The first kappa shape index (κ1) is 7.43. The molecule has 2 nitrogen and oxygen atoms in total. The van der Waals surface area contributed by atoms with Crippen LogP contribution in [0.25, 0.3) is 0 Å². The van der Waals surface area contributed by atoms with E-state index >= 15 is 0 Å². The Hall–Kier alpha value is -0.570. The van der Waals surface area contributed by atoms with Gasteiger partial charge in [-0.05, 0) is 15.9 Å². The molecule has 0 heterocycles. The van der Waals surface area contributed by atoms with E-state index in [9.17, 15) is 0 Å². The maximum absolute atomic E-state index is 8.40. The molecule has 0 aromatic carbocycles. The molecule has 0 bridgehead atoms. The number of aliphatic imine (C=N–C) groups is 1. The summed E-state index contributed by atoms with van der Waals surface area (Å²) in [4.78, 5) is 3.57. The first-order chi connectivity index (χ1) is 3.63. The van der Waals surface area contributed by atoms with Gasteiger partial charge in [0.05, 0.1) is 10.8 Å². The van der Waals surface area contributed by atoms with Crippen LogP contribution in [0.2, 0.25) is 0 Å². The fourth-order valence-corrected chi connectivity index (χ4v) is 0.247. The summed E-state index contributed by atoms with van der Waals surface area (Å²) in [7, 11) is 0. The summed E-state index contributed by atoms with van der Waals surface area (Å²) in [6.45, 7) is 6.56. The van der Waals surface area contributed by atoms with E-state index in [2.05, 4.69) is 34.1 Å². The van der Waals surface area contributed by atoms with Crippen molar-refractivity contribution in [1.29, 1.82) is 0 Å². The molecule has 44 valence electrons. The highest BCUT2D eigenvalue weighted by Gasteiger charge is 1.77. The molecule has 0 amide bonds. The van der Waals surface area contributed by atoms with Crippen molar-refractivity contribution in [2.45, 2.75) is 0 Å². The van der Waals surface area contributed by atoms with Gasteiger partial charge in [0.15, 0.2) is 0 Å². The molecule has 0 atom stereocenters. The lowest BCUT2D eigenvalue weighted by molar-refractivity contribution is 0.449. The van der Waals surface area contributed by atoms with Crippen molar-refractivity contribution < 1.29 is 5.11 Å². The van der Waals surface area contributed by atoms with E-state index in [0.29, 0.717) is 4.61 Å². The molecule has 0 aliphatic rings. The summed E-state index contributed by atoms with van der Waals surface area (Å²) in [6.07, 6.45) is 1.21. The highest BCUT2D eigenvalue weighted by Crippen LogP contribution is 1.99. The lowest BCUT2D eigenvalue weighted by atomic mass is 10.6. The van der Waals surface area contributed by atoms with Gasteiger partial charge in [0.25, 0.3) is 0 Å². The molecule has 8 heavy (non-hydrogen) atoms. The Morgan fingerprint density at radius 2 is 2.12 bits per heavy atom. The van der Waals surface area contributed by atoms with Crippen molar-refractivity contribution in [1.82, 2.24) is 0 Å². The quantitative estimate of drug-likeness (QED) is 0.389. The predicted octanol–water partition coefficient (Wildman–Crippen LogP) is 2.00. The van der Waals surface area contributed by atoms with Gasteiger partial charge in [0, 0.05) is 0 Å². The van der Waals surface area contributed by atoms with Crippen LogP contribution < -0.4 is 0 Å². The zero-order valence-corrected chi connectivity index (χ0v) is 5.85. The van der Waals surface area contributed by atoms with Crippen LogP contribution in [0.5, 0.6) is 0 Å². The molecule has 0 aromatic heterocycles. The summed E-state index contributed by atoms with van der Waals surface area (Å²) in [5.41, 5.74) is 0. The number of hydrogen-bond donors (Lipinski definition) is 1. The van der Waals surface area contributed by atoms with Gasteiger partial charge in [0.1, 0.15) is 5.76 Å². The maximum atomic E-state index is 8.40. The number of allylic oxidation sites excluding steroid dienone is 1. The van der Waals surface area contributed by atoms with Crippen molar-refractivity contribution in [3.05, 3.63) is 23.5 Å². The van der Waals surface area contributed by atoms with Crippen LogP contribution in [0.4, 0.5) is 0 Å². The van der Waals surface area contributed by atoms with Gasteiger partial charge >= 0.3 is 0 Å². The molecule has 0 rings (SSSR count). The smallest absolute Gasteiger partial charge is 0.126 e. The maximum Gasteiger partial charge on any atom is 0.126 e. The Balaban J connectivity index is 3.67. The number of rotatable bonds is 2. The van der Waals surface area contributed by atoms with E-state index in [1.54, 1.807) is 0 Å². The largest absolute Gasteiger partial charge is 0.507 e. The van der Waals surface area contributed by atoms with Crippen LogP contribution in [0.15, 0.2) is 28.5 Å². The van der Waals surface area contributed by atoms with Crippen LogP contribution in [0.3, 0.4) is 0 Å². The lowest BCUT2D eigenvalue weighted by Crippen LogP contribution is -1.75. The molecular weight excluding hydrogens is 170 g/mol. The number of halogens is 1. The summed E-state index contributed by atoms with van der Waals surface area (Å²) in [6, 6.07) is 0. The predicted molar refractivity (Wildman–Crippen MR) is 38.3 cm³/mol. The minimum atomic E-state index is -0.0781. The third kappa shape index (κ3) is 5.43. The van der Waals surface area contributed by atoms with Crippen molar-refractivity contribution in [3.63, 3.8) is 0 Å². The summed E-state index contributed by atoms with van der Waals surface area (Å²) < 4.78 is 0.465. The van der Waals surface area contributed by atoms with Gasteiger partial charge in [0.2, 0.25) is 0 Å². The highest BCUT2D eigenvalue weighted by molar-refractivity contribution is 9.11. The molecule has 0 spiro atoms. The molecule has 0 saturated heterocycles. The van der Waals surface area contributed by atoms with E-state index < -0.39 is 0 Å². The lowest BCUT2D eigenvalue weighted by Gasteiger charge is -1.82. The highest BCUT2D eigenvalue weighted by atomic mass is 79.9. The van der Waals surface area contributed by atoms with Crippen LogP contribution >= 0.6 is 15.9 Å². The monoisotopic (exact) mass is 175 g/mol. The van der Waals surface area contributed by atoms with Gasteiger partial charge in [-0.3, -0.25) is 0 Å². The second kappa shape index (κ2) is 3.43. The number of hydrogen-bond acceptors (Lipinski definition) is 2. The normalized spacial score (nSPS) is 9.62. The molecule has 3 heteroatoms. The van der Waals surface area contributed by atoms with Gasteiger partial charge in [-0.25, -0.2) is 4.99 Å². The summed E-state index contributed by atoms with van der Waals surface area (Å²) >= 11 is 2.96. The van der Waals surface area contributed by atoms with E-state index in [4.69, 9.17) is 5.11 Å². The molecule has 0 unspecified atom stereocenters. The third-order valence-corrected chi connectivity index (χ3v) is 0.558.